The number of likely N-dealkylation sites (tertiary alicyclic amines) is 1. The summed E-state index contributed by atoms with van der Waals surface area (Å²) in [5.41, 5.74) is 0.219. The topological polar surface area (TPSA) is 69.7 Å². The third-order valence-electron chi connectivity index (χ3n) is 5.81. The normalized spacial score (nSPS) is 21.8. The Kier molecular flexibility index (Phi) is 7.96. The smallest absolute Gasteiger partial charge is 0.252 e. The number of amides is 1. The van der Waals surface area contributed by atoms with Crippen LogP contribution in [-0.4, -0.2) is 62.8 Å². The molecule has 0 spiro atoms. The van der Waals surface area contributed by atoms with Crippen LogP contribution in [-0.2, 0) is 10.0 Å². The zero-order valence-electron chi connectivity index (χ0n) is 17.2. The van der Waals surface area contributed by atoms with Crippen molar-refractivity contribution in [1.82, 2.24) is 14.5 Å². The average Bonchev–Trinajstić information content (AvgIpc) is 2.72. The van der Waals surface area contributed by atoms with Crippen molar-refractivity contribution in [2.75, 3.05) is 39.3 Å². The second kappa shape index (κ2) is 10.2. The molecule has 2 aliphatic rings. The number of sulfonamides is 1. The summed E-state index contributed by atoms with van der Waals surface area (Å²) in [5.74, 6) is 0.416. The van der Waals surface area contributed by atoms with Gasteiger partial charge in [0, 0.05) is 26.2 Å². The minimum absolute atomic E-state index is 0.135. The number of hydrogen-bond donors (Lipinski definition) is 1. The Morgan fingerprint density at radius 1 is 1.17 bits per heavy atom. The molecule has 29 heavy (non-hydrogen) atoms. The Morgan fingerprint density at radius 3 is 2.66 bits per heavy atom. The van der Waals surface area contributed by atoms with Crippen molar-refractivity contribution in [3.8, 4) is 0 Å². The van der Waals surface area contributed by atoms with E-state index in [9.17, 15) is 13.2 Å². The zero-order valence-corrected chi connectivity index (χ0v) is 18.8. The summed E-state index contributed by atoms with van der Waals surface area (Å²) in [6.07, 6.45) is 6.19. The Hall–Kier alpha value is -1.15. The first-order valence-corrected chi connectivity index (χ1v) is 12.5. The van der Waals surface area contributed by atoms with Gasteiger partial charge in [0.25, 0.3) is 5.91 Å². The first-order valence-electron chi connectivity index (χ1n) is 10.7. The van der Waals surface area contributed by atoms with Gasteiger partial charge in [0.15, 0.2) is 0 Å². The molecular weight excluding hydrogens is 410 g/mol. The molecule has 2 aliphatic heterocycles. The molecule has 162 valence electrons. The van der Waals surface area contributed by atoms with Crippen molar-refractivity contribution in [3.05, 3.63) is 28.8 Å². The second-order valence-corrected chi connectivity index (χ2v) is 10.6. The summed E-state index contributed by atoms with van der Waals surface area (Å²) in [6.45, 7) is 7.09. The molecule has 0 saturated carbocycles. The standard InChI is InChI=1S/C21H32ClN3O3S/c1-17-7-5-11-24(16-17)12-6-10-23-21(26)19-15-18(8-9-20(19)22)29(27,28)25-13-3-2-4-14-25/h8-9,15,17H,2-7,10-14,16H2,1H3,(H,23,26)/t17-/m1/s1. The summed E-state index contributed by atoms with van der Waals surface area (Å²) < 4.78 is 27.3. The molecule has 2 heterocycles. The SMILES string of the molecule is C[C@@H]1CCCN(CCCNC(=O)c2cc(S(=O)(=O)N3CCCCC3)ccc2Cl)C1. The Morgan fingerprint density at radius 2 is 1.93 bits per heavy atom. The van der Waals surface area contributed by atoms with Gasteiger partial charge in [0.1, 0.15) is 0 Å². The first kappa shape index (κ1) is 22.5. The number of carbonyl (C=O) groups excluding carboxylic acids is 1. The predicted molar refractivity (Wildman–Crippen MR) is 116 cm³/mol. The number of hydrogen-bond acceptors (Lipinski definition) is 4. The van der Waals surface area contributed by atoms with E-state index in [1.807, 2.05) is 0 Å². The van der Waals surface area contributed by atoms with Crippen molar-refractivity contribution < 1.29 is 13.2 Å². The third-order valence-corrected chi connectivity index (χ3v) is 8.04. The van der Waals surface area contributed by atoms with E-state index in [1.54, 1.807) is 0 Å². The van der Waals surface area contributed by atoms with E-state index in [1.165, 1.54) is 35.3 Å². The zero-order chi connectivity index (χ0) is 20.9. The van der Waals surface area contributed by atoms with Crippen LogP contribution in [0.2, 0.25) is 5.02 Å². The number of nitrogens with zero attached hydrogens (tertiary/aromatic N) is 2. The molecule has 1 aromatic rings. The van der Waals surface area contributed by atoms with Crippen LogP contribution in [0.3, 0.4) is 0 Å². The van der Waals surface area contributed by atoms with Gasteiger partial charge in [-0.1, -0.05) is 24.9 Å². The van der Waals surface area contributed by atoms with E-state index >= 15 is 0 Å². The Bertz CT molecular complexity index is 809. The Labute approximate surface area is 179 Å². The lowest BCUT2D eigenvalue weighted by Gasteiger charge is -2.30. The molecule has 2 saturated heterocycles. The molecule has 2 fully saturated rings. The maximum absolute atomic E-state index is 12.9. The summed E-state index contributed by atoms with van der Waals surface area (Å²) in [4.78, 5) is 15.2. The van der Waals surface area contributed by atoms with Crippen LogP contribution < -0.4 is 5.32 Å². The minimum Gasteiger partial charge on any atom is -0.352 e. The number of rotatable bonds is 7. The van der Waals surface area contributed by atoms with Crippen molar-refractivity contribution in [2.45, 2.75) is 50.3 Å². The van der Waals surface area contributed by atoms with E-state index in [4.69, 9.17) is 11.6 Å². The van der Waals surface area contributed by atoms with Crippen LogP contribution in [0.15, 0.2) is 23.1 Å². The highest BCUT2D eigenvalue weighted by molar-refractivity contribution is 7.89. The first-order chi connectivity index (χ1) is 13.9. The summed E-state index contributed by atoms with van der Waals surface area (Å²) in [7, 11) is -3.59. The molecule has 1 N–H and O–H groups in total. The van der Waals surface area contributed by atoms with Gasteiger partial charge >= 0.3 is 0 Å². The van der Waals surface area contributed by atoms with E-state index in [0.717, 1.165) is 51.2 Å². The molecule has 1 atom stereocenters. The highest BCUT2D eigenvalue weighted by Crippen LogP contribution is 2.25. The van der Waals surface area contributed by atoms with E-state index in [2.05, 4.69) is 17.1 Å². The lowest BCUT2D eigenvalue weighted by molar-refractivity contribution is 0.0950. The van der Waals surface area contributed by atoms with E-state index in [-0.39, 0.29) is 21.4 Å². The second-order valence-electron chi connectivity index (χ2n) is 8.26. The number of halogens is 1. The van der Waals surface area contributed by atoms with Crippen LogP contribution >= 0.6 is 11.6 Å². The maximum atomic E-state index is 12.9. The molecule has 0 aliphatic carbocycles. The van der Waals surface area contributed by atoms with Crippen molar-refractivity contribution >= 4 is 27.5 Å². The summed E-state index contributed by atoms with van der Waals surface area (Å²) in [6, 6.07) is 4.40. The summed E-state index contributed by atoms with van der Waals surface area (Å²) >= 11 is 6.20. The van der Waals surface area contributed by atoms with Crippen LogP contribution in [0.4, 0.5) is 0 Å². The molecule has 6 nitrogen and oxygen atoms in total. The average molecular weight is 442 g/mol. The fourth-order valence-corrected chi connectivity index (χ4v) is 5.93. The maximum Gasteiger partial charge on any atom is 0.252 e. The predicted octanol–water partition coefficient (Wildman–Crippen LogP) is 3.37. The van der Waals surface area contributed by atoms with Crippen LogP contribution in [0, 0.1) is 5.92 Å². The van der Waals surface area contributed by atoms with E-state index in [0.29, 0.717) is 19.6 Å². The number of nitrogens with one attached hydrogen (secondary N) is 1. The van der Waals surface area contributed by atoms with Crippen molar-refractivity contribution in [1.29, 1.82) is 0 Å². The van der Waals surface area contributed by atoms with Gasteiger partial charge in [-0.05, 0) is 69.3 Å². The minimum atomic E-state index is -3.59. The highest BCUT2D eigenvalue weighted by atomic mass is 35.5. The molecule has 3 rings (SSSR count). The number of piperidine rings is 2. The van der Waals surface area contributed by atoms with Crippen LogP contribution in [0.25, 0.3) is 0 Å². The van der Waals surface area contributed by atoms with Gasteiger partial charge in [-0.15, -0.1) is 0 Å². The molecule has 0 unspecified atom stereocenters. The summed E-state index contributed by atoms with van der Waals surface area (Å²) in [5, 5.41) is 3.16. The van der Waals surface area contributed by atoms with Crippen molar-refractivity contribution in [2.24, 2.45) is 5.92 Å². The van der Waals surface area contributed by atoms with Gasteiger partial charge in [0.2, 0.25) is 10.0 Å². The highest BCUT2D eigenvalue weighted by Gasteiger charge is 2.27. The largest absolute Gasteiger partial charge is 0.352 e. The van der Waals surface area contributed by atoms with Gasteiger partial charge < -0.3 is 10.2 Å². The van der Waals surface area contributed by atoms with Crippen LogP contribution in [0.5, 0.6) is 0 Å². The van der Waals surface area contributed by atoms with Gasteiger partial charge in [-0.25, -0.2) is 8.42 Å². The monoisotopic (exact) mass is 441 g/mol. The number of carbonyl (C=O) groups is 1. The lowest BCUT2D eigenvalue weighted by atomic mass is 10.0. The van der Waals surface area contributed by atoms with E-state index < -0.39 is 10.0 Å². The van der Waals surface area contributed by atoms with Gasteiger partial charge in [-0.2, -0.15) is 4.31 Å². The Balaban J connectivity index is 1.58. The fourth-order valence-electron chi connectivity index (χ4n) is 4.18. The van der Waals surface area contributed by atoms with Crippen LogP contribution in [0.1, 0.15) is 55.8 Å². The quantitative estimate of drug-likeness (QED) is 0.658. The van der Waals surface area contributed by atoms with Crippen molar-refractivity contribution in [3.63, 3.8) is 0 Å². The fraction of sp³-hybridized carbons (Fsp3) is 0.667. The molecule has 0 aromatic heterocycles. The molecule has 0 bridgehead atoms. The molecule has 1 amide bonds. The molecule has 8 heteroatoms. The van der Waals surface area contributed by atoms with Gasteiger partial charge in [0.05, 0.1) is 15.5 Å². The molecule has 0 radical (unpaired) electrons. The molecular formula is C21H32ClN3O3S. The number of benzene rings is 1. The third kappa shape index (κ3) is 5.94. The lowest BCUT2D eigenvalue weighted by Crippen LogP contribution is -2.36. The molecule has 1 aromatic carbocycles. The van der Waals surface area contributed by atoms with Gasteiger partial charge in [-0.3, -0.25) is 4.79 Å².